The lowest BCUT2D eigenvalue weighted by molar-refractivity contribution is 0.0567. The number of likely N-dealkylation sites (N-methyl/N-ethyl adjacent to an activating group) is 1. The topological polar surface area (TPSA) is 62.5 Å². The van der Waals surface area contributed by atoms with E-state index in [1.165, 1.54) is 11.3 Å². The van der Waals surface area contributed by atoms with Gasteiger partial charge in [-0.15, -0.1) is 11.3 Å². The summed E-state index contributed by atoms with van der Waals surface area (Å²) in [6.07, 6.45) is 0. The van der Waals surface area contributed by atoms with Crippen molar-refractivity contribution in [2.75, 3.05) is 32.4 Å². The lowest BCUT2D eigenvalue weighted by Crippen LogP contribution is -2.52. The zero-order valence-electron chi connectivity index (χ0n) is 9.51. The smallest absolute Gasteiger partial charge is 0.273 e. The van der Waals surface area contributed by atoms with Crippen molar-refractivity contribution in [1.29, 1.82) is 0 Å². The second kappa shape index (κ2) is 4.39. The highest BCUT2D eigenvalue weighted by molar-refractivity contribution is 7.13. The number of hydrogen-bond donors (Lipinski definition) is 1. The molecule has 1 fully saturated rings. The molecule has 5 nitrogen and oxygen atoms in total. The number of carbonyl (C=O) groups excluding carboxylic acids is 1. The van der Waals surface area contributed by atoms with Gasteiger partial charge in [-0.25, -0.2) is 4.98 Å². The molecule has 1 saturated heterocycles. The first kappa shape index (κ1) is 11.3. The number of nitrogens with two attached hydrogens (primary N) is 1. The monoisotopic (exact) mass is 240 g/mol. The molecule has 16 heavy (non-hydrogen) atoms. The van der Waals surface area contributed by atoms with Crippen LogP contribution in [0.5, 0.6) is 0 Å². The van der Waals surface area contributed by atoms with Gasteiger partial charge in [-0.05, 0) is 14.0 Å². The molecule has 1 amide bonds. The number of anilines is 1. The van der Waals surface area contributed by atoms with Gasteiger partial charge in [-0.2, -0.15) is 0 Å². The second-order valence-electron chi connectivity index (χ2n) is 4.15. The molecule has 2 N–H and O–H groups in total. The average Bonchev–Trinajstić information content (AvgIpc) is 2.68. The van der Waals surface area contributed by atoms with Crippen molar-refractivity contribution < 1.29 is 4.79 Å². The van der Waals surface area contributed by atoms with Crippen LogP contribution < -0.4 is 5.73 Å². The number of nitrogens with zero attached hydrogens (tertiary/aromatic N) is 3. The Morgan fingerprint density at radius 3 is 2.94 bits per heavy atom. The van der Waals surface area contributed by atoms with Crippen LogP contribution in [-0.2, 0) is 0 Å². The van der Waals surface area contributed by atoms with Gasteiger partial charge < -0.3 is 15.5 Å². The fraction of sp³-hybridized carbons (Fsp3) is 0.600. The summed E-state index contributed by atoms with van der Waals surface area (Å²) < 4.78 is 0. The predicted octanol–water partition coefficient (Wildman–Crippen LogP) is 0.501. The number of piperazine rings is 1. The van der Waals surface area contributed by atoms with Crippen LogP contribution in [0.4, 0.5) is 5.13 Å². The summed E-state index contributed by atoms with van der Waals surface area (Å²) in [6, 6.07) is 0.397. The van der Waals surface area contributed by atoms with E-state index in [1.807, 2.05) is 4.90 Å². The third kappa shape index (κ3) is 2.17. The Hall–Kier alpha value is -1.14. The van der Waals surface area contributed by atoms with Crippen LogP contribution in [0.1, 0.15) is 17.4 Å². The molecule has 0 radical (unpaired) electrons. The van der Waals surface area contributed by atoms with Crippen LogP contribution in [0.3, 0.4) is 0 Å². The van der Waals surface area contributed by atoms with Gasteiger partial charge in [0.2, 0.25) is 0 Å². The molecule has 0 bridgehead atoms. The van der Waals surface area contributed by atoms with Crippen molar-refractivity contribution in [3.05, 3.63) is 11.1 Å². The first-order valence-corrected chi connectivity index (χ1v) is 6.16. The van der Waals surface area contributed by atoms with E-state index in [0.29, 0.717) is 16.9 Å². The van der Waals surface area contributed by atoms with E-state index in [-0.39, 0.29) is 5.91 Å². The van der Waals surface area contributed by atoms with Gasteiger partial charge in [0.15, 0.2) is 5.13 Å². The number of hydrogen-bond acceptors (Lipinski definition) is 5. The summed E-state index contributed by atoms with van der Waals surface area (Å²) in [5, 5.41) is 2.17. The highest BCUT2D eigenvalue weighted by atomic mass is 32.1. The number of nitrogen functional groups attached to an aromatic ring is 1. The molecular weight excluding hydrogens is 224 g/mol. The molecule has 1 aliphatic rings. The minimum absolute atomic E-state index is 0.00657. The maximum absolute atomic E-state index is 12.1. The maximum atomic E-state index is 12.1. The zero-order valence-corrected chi connectivity index (χ0v) is 10.3. The third-order valence-corrected chi connectivity index (χ3v) is 3.66. The van der Waals surface area contributed by atoms with E-state index in [2.05, 4.69) is 23.9 Å². The molecule has 1 aliphatic heterocycles. The Morgan fingerprint density at radius 2 is 2.38 bits per heavy atom. The third-order valence-electron chi connectivity index (χ3n) is 2.99. The summed E-state index contributed by atoms with van der Waals surface area (Å²) in [5.41, 5.74) is 6.00. The maximum Gasteiger partial charge on any atom is 0.273 e. The van der Waals surface area contributed by atoms with Crippen molar-refractivity contribution in [2.45, 2.75) is 13.0 Å². The van der Waals surface area contributed by atoms with E-state index in [4.69, 9.17) is 5.73 Å². The Balaban J connectivity index is 2.06. The molecule has 0 saturated carbocycles. The van der Waals surface area contributed by atoms with Crippen LogP contribution >= 0.6 is 11.3 Å². The quantitative estimate of drug-likeness (QED) is 0.776. The Morgan fingerprint density at radius 1 is 1.62 bits per heavy atom. The summed E-state index contributed by atoms with van der Waals surface area (Å²) >= 11 is 1.31. The van der Waals surface area contributed by atoms with Gasteiger partial charge >= 0.3 is 0 Å². The van der Waals surface area contributed by atoms with E-state index < -0.39 is 0 Å². The Labute approximate surface area is 98.9 Å². The van der Waals surface area contributed by atoms with Crippen LogP contribution in [-0.4, -0.2) is 53.4 Å². The van der Waals surface area contributed by atoms with Crippen molar-refractivity contribution >= 4 is 22.4 Å². The van der Waals surface area contributed by atoms with E-state index in [0.717, 1.165) is 19.6 Å². The number of rotatable bonds is 1. The minimum atomic E-state index is -0.00657. The van der Waals surface area contributed by atoms with Crippen LogP contribution in [0.2, 0.25) is 0 Å². The minimum Gasteiger partial charge on any atom is -0.375 e. The zero-order chi connectivity index (χ0) is 11.7. The van der Waals surface area contributed by atoms with Gasteiger partial charge in [0.05, 0.1) is 0 Å². The second-order valence-corrected chi connectivity index (χ2v) is 5.04. The van der Waals surface area contributed by atoms with E-state index in [1.54, 1.807) is 5.38 Å². The number of aromatic nitrogens is 1. The molecule has 1 aromatic rings. The van der Waals surface area contributed by atoms with E-state index >= 15 is 0 Å². The number of amides is 1. The summed E-state index contributed by atoms with van der Waals surface area (Å²) in [7, 11) is 2.08. The standard InChI is InChI=1S/C10H16N4OS/c1-7-5-14(4-3-13(7)2)9(15)8-6-16-10(11)12-8/h6-7H,3-5H2,1-2H3,(H2,11,12). The van der Waals surface area contributed by atoms with Crippen LogP contribution in [0.25, 0.3) is 0 Å². The predicted molar refractivity (Wildman–Crippen MR) is 64.5 cm³/mol. The molecule has 0 spiro atoms. The van der Waals surface area contributed by atoms with Gasteiger partial charge in [0.25, 0.3) is 5.91 Å². The molecule has 0 aromatic carbocycles. The lowest BCUT2D eigenvalue weighted by atomic mass is 10.2. The van der Waals surface area contributed by atoms with Crippen molar-refractivity contribution in [3.8, 4) is 0 Å². The van der Waals surface area contributed by atoms with Gasteiger partial charge in [0, 0.05) is 31.1 Å². The molecule has 1 unspecified atom stereocenters. The average molecular weight is 240 g/mol. The number of carbonyl (C=O) groups is 1. The summed E-state index contributed by atoms with van der Waals surface area (Å²) in [6.45, 7) is 4.55. The summed E-state index contributed by atoms with van der Waals surface area (Å²) in [5.74, 6) is -0.00657. The van der Waals surface area contributed by atoms with Crippen LogP contribution in [0, 0.1) is 0 Å². The fourth-order valence-electron chi connectivity index (χ4n) is 1.78. The molecule has 2 heterocycles. The summed E-state index contributed by atoms with van der Waals surface area (Å²) in [4.78, 5) is 20.2. The van der Waals surface area contributed by atoms with Crippen LogP contribution in [0.15, 0.2) is 5.38 Å². The van der Waals surface area contributed by atoms with Crippen molar-refractivity contribution in [2.24, 2.45) is 0 Å². The highest BCUT2D eigenvalue weighted by Crippen LogP contribution is 2.15. The molecule has 2 rings (SSSR count). The van der Waals surface area contributed by atoms with E-state index in [9.17, 15) is 4.79 Å². The normalized spacial score (nSPS) is 22.4. The molecular formula is C10H16N4OS. The largest absolute Gasteiger partial charge is 0.375 e. The van der Waals surface area contributed by atoms with Crippen molar-refractivity contribution in [1.82, 2.24) is 14.8 Å². The Kier molecular flexibility index (Phi) is 3.11. The number of thiazole rings is 1. The SMILES string of the molecule is CC1CN(C(=O)c2csc(N)n2)CCN1C. The molecule has 6 heteroatoms. The van der Waals surface area contributed by atoms with Crippen molar-refractivity contribution in [3.63, 3.8) is 0 Å². The van der Waals surface area contributed by atoms with Gasteiger partial charge in [0.1, 0.15) is 5.69 Å². The Bertz CT molecular complexity index is 392. The lowest BCUT2D eigenvalue weighted by Gasteiger charge is -2.37. The molecule has 1 aromatic heterocycles. The molecule has 1 atom stereocenters. The van der Waals surface area contributed by atoms with Gasteiger partial charge in [-0.3, -0.25) is 4.79 Å². The molecule has 88 valence electrons. The first-order chi connectivity index (χ1) is 7.58. The van der Waals surface area contributed by atoms with Gasteiger partial charge in [-0.1, -0.05) is 0 Å². The fourth-order valence-corrected chi connectivity index (χ4v) is 2.32. The first-order valence-electron chi connectivity index (χ1n) is 5.28. The highest BCUT2D eigenvalue weighted by Gasteiger charge is 2.26. The molecule has 0 aliphatic carbocycles.